The van der Waals surface area contributed by atoms with Crippen molar-refractivity contribution in [2.24, 2.45) is 0 Å². The number of benzene rings is 1. The molecule has 98 valence electrons. The fourth-order valence-corrected chi connectivity index (χ4v) is 2.10. The van der Waals surface area contributed by atoms with Gasteiger partial charge in [-0.3, -0.25) is 10.1 Å². The smallest absolute Gasteiger partial charge is 0.275 e. The summed E-state index contributed by atoms with van der Waals surface area (Å²) in [5, 5.41) is 24.5. The molecule has 1 N–H and O–H groups in total. The fraction of sp³-hybridized carbons (Fsp3) is 0.308. The summed E-state index contributed by atoms with van der Waals surface area (Å²) < 4.78 is 1.69. The van der Waals surface area contributed by atoms with Crippen LogP contribution in [0.15, 0.2) is 30.5 Å². The Morgan fingerprint density at radius 1 is 1.42 bits per heavy atom. The number of aromatic nitrogens is 2. The highest BCUT2D eigenvalue weighted by atomic mass is 16.6. The first-order valence-electron chi connectivity index (χ1n) is 6.13. The Bertz CT molecular complexity index is 632. The number of aliphatic hydroxyl groups excluding tert-OH is 1. The first-order valence-corrected chi connectivity index (χ1v) is 6.13. The summed E-state index contributed by atoms with van der Waals surface area (Å²) in [4.78, 5) is 10.3. The molecule has 0 saturated heterocycles. The van der Waals surface area contributed by atoms with Crippen LogP contribution in [0.5, 0.6) is 0 Å². The van der Waals surface area contributed by atoms with E-state index in [1.807, 2.05) is 12.3 Å². The molecule has 1 aliphatic rings. The number of hydrogen-bond donors (Lipinski definition) is 1. The summed E-state index contributed by atoms with van der Waals surface area (Å²) in [5.74, 6) is 0.566. The molecular formula is C13H13N3O3. The maximum absolute atomic E-state index is 10.8. The van der Waals surface area contributed by atoms with Crippen LogP contribution in [0.2, 0.25) is 0 Å². The van der Waals surface area contributed by atoms with Crippen LogP contribution >= 0.6 is 0 Å². The van der Waals surface area contributed by atoms with E-state index in [9.17, 15) is 15.2 Å². The lowest BCUT2D eigenvalue weighted by Crippen LogP contribution is -2.00. The van der Waals surface area contributed by atoms with Gasteiger partial charge in [-0.1, -0.05) is 0 Å². The molecule has 6 heteroatoms. The monoisotopic (exact) mass is 259 g/mol. The van der Waals surface area contributed by atoms with Crippen molar-refractivity contribution in [3.63, 3.8) is 0 Å². The summed E-state index contributed by atoms with van der Waals surface area (Å²) in [6.07, 6.45) is 4.20. The summed E-state index contributed by atoms with van der Waals surface area (Å²) in [6.45, 7) is -0.360. The quantitative estimate of drug-likeness (QED) is 0.673. The molecule has 19 heavy (non-hydrogen) atoms. The second-order valence-corrected chi connectivity index (χ2v) is 4.69. The third-order valence-electron chi connectivity index (χ3n) is 3.30. The van der Waals surface area contributed by atoms with Crippen LogP contribution in [0.4, 0.5) is 5.69 Å². The lowest BCUT2D eigenvalue weighted by molar-refractivity contribution is -0.385. The number of aliphatic hydroxyl groups is 1. The lowest BCUT2D eigenvalue weighted by atomic mass is 10.1. The topological polar surface area (TPSA) is 81.2 Å². The summed E-state index contributed by atoms with van der Waals surface area (Å²) in [7, 11) is 0. The Kier molecular flexibility index (Phi) is 2.79. The molecule has 0 radical (unpaired) electrons. The number of nitrogens with zero attached hydrogens (tertiary/aromatic N) is 3. The maximum atomic E-state index is 10.8. The van der Waals surface area contributed by atoms with Gasteiger partial charge >= 0.3 is 0 Å². The Labute approximate surface area is 109 Å². The molecule has 1 aromatic heterocycles. The van der Waals surface area contributed by atoms with E-state index in [-0.39, 0.29) is 12.3 Å². The van der Waals surface area contributed by atoms with E-state index in [4.69, 9.17) is 0 Å². The molecule has 1 aliphatic carbocycles. The summed E-state index contributed by atoms with van der Waals surface area (Å²) in [6, 6.07) is 6.61. The van der Waals surface area contributed by atoms with Gasteiger partial charge in [0.25, 0.3) is 5.69 Å². The Hall–Kier alpha value is -2.21. The third-order valence-corrected chi connectivity index (χ3v) is 3.30. The van der Waals surface area contributed by atoms with Crippen molar-refractivity contribution in [3.8, 4) is 5.69 Å². The zero-order valence-electron chi connectivity index (χ0n) is 10.2. The molecule has 2 aromatic rings. The molecular weight excluding hydrogens is 246 g/mol. The van der Waals surface area contributed by atoms with Crippen molar-refractivity contribution in [2.45, 2.75) is 25.4 Å². The van der Waals surface area contributed by atoms with Gasteiger partial charge in [-0.05, 0) is 31.0 Å². The maximum Gasteiger partial charge on any atom is 0.275 e. The van der Waals surface area contributed by atoms with Crippen LogP contribution in [-0.2, 0) is 6.61 Å². The molecule has 0 amide bonds. The second-order valence-electron chi connectivity index (χ2n) is 4.69. The van der Waals surface area contributed by atoms with Crippen molar-refractivity contribution < 1.29 is 10.0 Å². The van der Waals surface area contributed by atoms with Crippen molar-refractivity contribution in [1.29, 1.82) is 0 Å². The zero-order chi connectivity index (χ0) is 13.4. The van der Waals surface area contributed by atoms with Crippen LogP contribution in [0.25, 0.3) is 5.69 Å². The van der Waals surface area contributed by atoms with E-state index in [0.717, 1.165) is 11.4 Å². The second kappa shape index (κ2) is 4.47. The van der Waals surface area contributed by atoms with Crippen molar-refractivity contribution >= 4 is 5.69 Å². The van der Waals surface area contributed by atoms with Crippen LogP contribution in [-0.4, -0.2) is 19.8 Å². The van der Waals surface area contributed by atoms with Crippen molar-refractivity contribution in [3.05, 3.63) is 51.8 Å². The SMILES string of the molecule is O=[N+]([O-])c1ccc(-n2ccc(C3CC3)n2)cc1CO. The summed E-state index contributed by atoms with van der Waals surface area (Å²) in [5.41, 5.74) is 2.01. The molecule has 1 aromatic carbocycles. The van der Waals surface area contributed by atoms with Crippen molar-refractivity contribution in [2.75, 3.05) is 0 Å². The van der Waals surface area contributed by atoms with Crippen LogP contribution in [0.3, 0.4) is 0 Å². The number of rotatable bonds is 4. The highest BCUT2D eigenvalue weighted by Crippen LogP contribution is 2.39. The molecule has 1 fully saturated rings. The molecule has 0 atom stereocenters. The number of nitro groups is 1. The minimum Gasteiger partial charge on any atom is -0.391 e. The van der Waals surface area contributed by atoms with E-state index in [0.29, 0.717) is 11.5 Å². The predicted molar refractivity (Wildman–Crippen MR) is 68.1 cm³/mol. The fourth-order valence-electron chi connectivity index (χ4n) is 2.10. The van der Waals surface area contributed by atoms with Crippen LogP contribution < -0.4 is 0 Å². The number of nitro benzene ring substituents is 1. The van der Waals surface area contributed by atoms with E-state index in [2.05, 4.69) is 5.10 Å². The van der Waals surface area contributed by atoms with Gasteiger partial charge in [0.15, 0.2) is 0 Å². The van der Waals surface area contributed by atoms with Gasteiger partial charge in [-0.2, -0.15) is 5.10 Å². The molecule has 0 bridgehead atoms. The highest BCUT2D eigenvalue weighted by molar-refractivity contribution is 5.47. The normalized spacial score (nSPS) is 14.6. The summed E-state index contributed by atoms with van der Waals surface area (Å²) >= 11 is 0. The van der Waals surface area contributed by atoms with Gasteiger partial charge in [0.2, 0.25) is 0 Å². The van der Waals surface area contributed by atoms with Crippen molar-refractivity contribution in [1.82, 2.24) is 9.78 Å². The van der Waals surface area contributed by atoms with E-state index < -0.39 is 4.92 Å². The first kappa shape index (κ1) is 11.9. The Morgan fingerprint density at radius 3 is 2.84 bits per heavy atom. The Morgan fingerprint density at radius 2 is 2.21 bits per heavy atom. The average molecular weight is 259 g/mol. The molecule has 1 saturated carbocycles. The van der Waals surface area contributed by atoms with Gasteiger partial charge in [0.05, 0.1) is 28.5 Å². The largest absolute Gasteiger partial charge is 0.391 e. The predicted octanol–water partition coefficient (Wildman–Crippen LogP) is 2.15. The molecule has 1 heterocycles. The highest BCUT2D eigenvalue weighted by Gasteiger charge is 2.26. The van der Waals surface area contributed by atoms with Gasteiger partial charge in [-0.15, -0.1) is 0 Å². The standard InChI is InChI=1S/C13H13N3O3/c17-8-10-7-11(3-4-13(10)16(18)19)15-6-5-12(14-15)9-1-2-9/h3-7,9,17H,1-2,8H2. The van der Waals surface area contributed by atoms with E-state index in [1.165, 1.54) is 18.9 Å². The molecule has 3 rings (SSSR count). The van der Waals surface area contributed by atoms with Gasteiger partial charge < -0.3 is 5.11 Å². The third kappa shape index (κ3) is 2.22. The van der Waals surface area contributed by atoms with E-state index >= 15 is 0 Å². The number of hydrogen-bond acceptors (Lipinski definition) is 4. The molecule has 0 unspecified atom stereocenters. The first-order chi connectivity index (χ1) is 9.19. The van der Waals surface area contributed by atoms with Gasteiger partial charge in [0.1, 0.15) is 0 Å². The van der Waals surface area contributed by atoms with Gasteiger partial charge in [0, 0.05) is 18.2 Å². The average Bonchev–Trinajstić information content (AvgIpc) is 3.15. The van der Waals surface area contributed by atoms with Crippen LogP contribution in [0, 0.1) is 10.1 Å². The molecule has 0 spiro atoms. The lowest BCUT2D eigenvalue weighted by Gasteiger charge is -2.04. The zero-order valence-corrected chi connectivity index (χ0v) is 10.2. The van der Waals surface area contributed by atoms with Gasteiger partial charge in [-0.25, -0.2) is 4.68 Å². The Balaban J connectivity index is 1.97. The minimum absolute atomic E-state index is 0.0687. The van der Waals surface area contributed by atoms with E-state index in [1.54, 1.807) is 16.8 Å². The minimum atomic E-state index is -0.492. The molecule has 6 nitrogen and oxygen atoms in total. The molecule has 0 aliphatic heterocycles. The van der Waals surface area contributed by atoms with Crippen LogP contribution in [0.1, 0.15) is 30.0 Å².